The number of hydrogen-bond donors (Lipinski definition) is 1. The van der Waals surface area contributed by atoms with Crippen molar-refractivity contribution in [1.29, 1.82) is 0 Å². The highest BCUT2D eigenvalue weighted by molar-refractivity contribution is 5.72. The zero-order valence-electron chi connectivity index (χ0n) is 11.0. The van der Waals surface area contributed by atoms with Crippen molar-refractivity contribution >= 4 is 11.7 Å². The highest BCUT2D eigenvalue weighted by atomic mass is 16.5. The van der Waals surface area contributed by atoms with Crippen molar-refractivity contribution in [2.24, 2.45) is 0 Å². The number of carbonyl (C=O) groups excluding carboxylic acids is 1. The van der Waals surface area contributed by atoms with E-state index in [9.17, 15) is 4.79 Å². The van der Waals surface area contributed by atoms with Gasteiger partial charge in [-0.3, -0.25) is 9.69 Å². The van der Waals surface area contributed by atoms with Crippen molar-refractivity contribution < 1.29 is 14.3 Å². The summed E-state index contributed by atoms with van der Waals surface area (Å²) in [5.41, 5.74) is 7.21. The molecule has 1 aliphatic heterocycles. The SMILES string of the molecule is Nc1ccc(CC(=O)OCCN2CCOCC2)cc1. The van der Waals surface area contributed by atoms with Gasteiger partial charge in [0.2, 0.25) is 0 Å². The van der Waals surface area contributed by atoms with Crippen molar-refractivity contribution in [3.8, 4) is 0 Å². The molecule has 0 spiro atoms. The van der Waals surface area contributed by atoms with E-state index >= 15 is 0 Å². The minimum Gasteiger partial charge on any atom is -0.464 e. The Labute approximate surface area is 113 Å². The number of carbonyl (C=O) groups is 1. The maximum atomic E-state index is 11.6. The fourth-order valence-corrected chi connectivity index (χ4v) is 1.97. The van der Waals surface area contributed by atoms with E-state index in [1.54, 1.807) is 12.1 Å². The molecule has 1 fully saturated rings. The molecule has 5 heteroatoms. The van der Waals surface area contributed by atoms with E-state index in [1.807, 2.05) is 12.1 Å². The van der Waals surface area contributed by atoms with E-state index in [4.69, 9.17) is 15.2 Å². The third kappa shape index (κ3) is 4.89. The van der Waals surface area contributed by atoms with Crippen molar-refractivity contribution in [2.45, 2.75) is 6.42 Å². The number of rotatable bonds is 5. The smallest absolute Gasteiger partial charge is 0.310 e. The fourth-order valence-electron chi connectivity index (χ4n) is 1.97. The molecule has 0 saturated carbocycles. The van der Waals surface area contributed by atoms with Crippen molar-refractivity contribution in [1.82, 2.24) is 4.90 Å². The summed E-state index contributed by atoms with van der Waals surface area (Å²) in [6.45, 7) is 4.56. The van der Waals surface area contributed by atoms with Crippen LogP contribution in [0.3, 0.4) is 0 Å². The van der Waals surface area contributed by atoms with Crippen LogP contribution in [-0.4, -0.2) is 50.3 Å². The van der Waals surface area contributed by atoms with E-state index in [0.717, 1.165) is 38.4 Å². The first-order chi connectivity index (χ1) is 9.24. The van der Waals surface area contributed by atoms with E-state index < -0.39 is 0 Å². The van der Waals surface area contributed by atoms with Gasteiger partial charge < -0.3 is 15.2 Å². The van der Waals surface area contributed by atoms with Gasteiger partial charge in [0.05, 0.1) is 19.6 Å². The number of ether oxygens (including phenoxy) is 2. The Kier molecular flexibility index (Phi) is 5.18. The molecule has 0 unspecified atom stereocenters. The maximum absolute atomic E-state index is 11.6. The van der Waals surface area contributed by atoms with E-state index in [0.29, 0.717) is 18.7 Å². The summed E-state index contributed by atoms with van der Waals surface area (Å²) >= 11 is 0. The number of nitrogen functional groups attached to an aromatic ring is 1. The van der Waals surface area contributed by atoms with Gasteiger partial charge >= 0.3 is 5.97 Å². The first-order valence-electron chi connectivity index (χ1n) is 6.54. The summed E-state index contributed by atoms with van der Waals surface area (Å²) in [4.78, 5) is 13.9. The van der Waals surface area contributed by atoms with Gasteiger partial charge in [-0.05, 0) is 17.7 Å². The Bertz CT molecular complexity index is 400. The van der Waals surface area contributed by atoms with Crippen LogP contribution < -0.4 is 5.73 Å². The van der Waals surface area contributed by atoms with Gasteiger partial charge in [-0.15, -0.1) is 0 Å². The molecular formula is C14H20N2O3. The molecule has 1 saturated heterocycles. The Morgan fingerprint density at radius 2 is 1.95 bits per heavy atom. The molecule has 2 rings (SSSR count). The second kappa shape index (κ2) is 7.11. The van der Waals surface area contributed by atoms with Crippen LogP contribution in [0, 0.1) is 0 Å². The van der Waals surface area contributed by atoms with Gasteiger partial charge in [0.1, 0.15) is 6.61 Å². The molecule has 2 N–H and O–H groups in total. The molecule has 5 nitrogen and oxygen atoms in total. The lowest BCUT2D eigenvalue weighted by molar-refractivity contribution is -0.143. The quantitative estimate of drug-likeness (QED) is 0.626. The van der Waals surface area contributed by atoms with Crippen LogP contribution >= 0.6 is 0 Å². The van der Waals surface area contributed by atoms with E-state index in [1.165, 1.54) is 0 Å². The lowest BCUT2D eigenvalue weighted by Crippen LogP contribution is -2.38. The molecule has 104 valence electrons. The highest BCUT2D eigenvalue weighted by Gasteiger charge is 2.11. The van der Waals surface area contributed by atoms with Crippen LogP contribution in [0.1, 0.15) is 5.56 Å². The number of anilines is 1. The Balaban J connectivity index is 1.65. The van der Waals surface area contributed by atoms with Crippen LogP contribution in [0.15, 0.2) is 24.3 Å². The fraction of sp³-hybridized carbons (Fsp3) is 0.500. The van der Waals surface area contributed by atoms with Crippen molar-refractivity contribution in [3.63, 3.8) is 0 Å². The van der Waals surface area contributed by atoms with Gasteiger partial charge in [0, 0.05) is 25.3 Å². The van der Waals surface area contributed by atoms with Crippen LogP contribution in [0.25, 0.3) is 0 Å². The zero-order chi connectivity index (χ0) is 13.5. The molecule has 1 aliphatic rings. The summed E-state index contributed by atoms with van der Waals surface area (Å²) in [5.74, 6) is -0.196. The summed E-state index contributed by atoms with van der Waals surface area (Å²) < 4.78 is 10.5. The van der Waals surface area contributed by atoms with Gasteiger partial charge in [0.25, 0.3) is 0 Å². The lowest BCUT2D eigenvalue weighted by atomic mass is 10.1. The third-order valence-corrected chi connectivity index (χ3v) is 3.10. The molecule has 19 heavy (non-hydrogen) atoms. The third-order valence-electron chi connectivity index (χ3n) is 3.10. The number of esters is 1. The number of nitrogens with zero attached hydrogens (tertiary/aromatic N) is 1. The average Bonchev–Trinajstić information content (AvgIpc) is 2.43. The first kappa shape index (κ1) is 13.8. The van der Waals surface area contributed by atoms with E-state index in [-0.39, 0.29) is 5.97 Å². The molecule has 0 radical (unpaired) electrons. The lowest BCUT2D eigenvalue weighted by Gasteiger charge is -2.26. The van der Waals surface area contributed by atoms with Crippen molar-refractivity contribution in [2.75, 3.05) is 45.2 Å². The predicted molar refractivity (Wildman–Crippen MR) is 72.8 cm³/mol. The Hall–Kier alpha value is -1.59. The second-order valence-corrected chi connectivity index (χ2v) is 4.59. The minimum absolute atomic E-state index is 0.196. The van der Waals surface area contributed by atoms with Crippen molar-refractivity contribution in [3.05, 3.63) is 29.8 Å². The number of nitrogens with two attached hydrogens (primary N) is 1. The molecule has 0 atom stereocenters. The van der Waals surface area contributed by atoms with Gasteiger partial charge in [-0.1, -0.05) is 12.1 Å². The van der Waals surface area contributed by atoms with Crippen LogP contribution in [0.2, 0.25) is 0 Å². The normalized spacial score (nSPS) is 16.2. The summed E-state index contributed by atoms with van der Waals surface area (Å²) in [6, 6.07) is 7.27. The zero-order valence-corrected chi connectivity index (χ0v) is 11.0. The molecule has 1 aromatic rings. The van der Waals surface area contributed by atoms with Crippen LogP contribution in [0.5, 0.6) is 0 Å². The number of hydrogen-bond acceptors (Lipinski definition) is 5. The Morgan fingerprint density at radius 1 is 1.26 bits per heavy atom. The largest absolute Gasteiger partial charge is 0.464 e. The van der Waals surface area contributed by atoms with Crippen LogP contribution in [0.4, 0.5) is 5.69 Å². The molecular weight excluding hydrogens is 244 g/mol. The molecule has 1 heterocycles. The summed E-state index contributed by atoms with van der Waals surface area (Å²) in [7, 11) is 0. The van der Waals surface area contributed by atoms with Crippen LogP contribution in [-0.2, 0) is 20.7 Å². The molecule has 0 amide bonds. The maximum Gasteiger partial charge on any atom is 0.310 e. The topological polar surface area (TPSA) is 64.8 Å². The molecule has 0 aromatic heterocycles. The second-order valence-electron chi connectivity index (χ2n) is 4.59. The highest BCUT2D eigenvalue weighted by Crippen LogP contribution is 2.06. The van der Waals surface area contributed by atoms with Gasteiger partial charge in [-0.2, -0.15) is 0 Å². The molecule has 0 bridgehead atoms. The molecule has 0 aliphatic carbocycles. The monoisotopic (exact) mass is 264 g/mol. The van der Waals surface area contributed by atoms with Gasteiger partial charge in [-0.25, -0.2) is 0 Å². The van der Waals surface area contributed by atoms with Gasteiger partial charge in [0.15, 0.2) is 0 Å². The predicted octanol–water partition coefficient (Wildman–Crippen LogP) is 0.687. The number of morpholine rings is 1. The standard InChI is InChI=1S/C14H20N2O3/c15-13-3-1-12(2-4-13)11-14(17)19-10-7-16-5-8-18-9-6-16/h1-4H,5-11,15H2. The summed E-state index contributed by atoms with van der Waals surface area (Å²) in [6.07, 6.45) is 0.295. The summed E-state index contributed by atoms with van der Waals surface area (Å²) in [5, 5.41) is 0. The average molecular weight is 264 g/mol. The minimum atomic E-state index is -0.196. The molecule has 1 aromatic carbocycles. The number of benzene rings is 1. The Morgan fingerprint density at radius 3 is 2.63 bits per heavy atom. The first-order valence-corrected chi connectivity index (χ1v) is 6.54. The van der Waals surface area contributed by atoms with E-state index in [2.05, 4.69) is 4.90 Å².